The maximum atomic E-state index is 11.0. The number of carbonyl (C=O) groups is 1. The van der Waals surface area contributed by atoms with E-state index < -0.39 is 6.09 Å². The first-order chi connectivity index (χ1) is 12.1. The number of carbonyl (C=O) groups excluding carboxylic acids is 1. The Kier molecular flexibility index (Phi) is 9.74. The maximum absolute atomic E-state index is 11.0. The zero-order valence-corrected chi connectivity index (χ0v) is 14.4. The fourth-order valence-electron chi connectivity index (χ4n) is 1.98. The Morgan fingerprint density at radius 1 is 0.960 bits per heavy atom. The summed E-state index contributed by atoms with van der Waals surface area (Å²) in [7, 11) is 0. The lowest BCUT2D eigenvalue weighted by Crippen LogP contribution is -2.13. The van der Waals surface area contributed by atoms with Crippen LogP contribution in [0, 0.1) is 0 Å². The molecule has 136 valence electrons. The van der Waals surface area contributed by atoms with Crippen molar-refractivity contribution in [1.82, 2.24) is 0 Å². The first-order valence-corrected chi connectivity index (χ1v) is 8.18. The predicted octanol–water partition coefficient (Wildman–Crippen LogP) is 2.59. The summed E-state index contributed by atoms with van der Waals surface area (Å²) < 4.78 is 4.73. The molecule has 2 aromatic carbocycles. The van der Waals surface area contributed by atoms with Gasteiger partial charge in [0.2, 0.25) is 0 Å². The lowest BCUT2D eigenvalue weighted by atomic mass is 10.1. The molecule has 0 aliphatic heterocycles. The third kappa shape index (κ3) is 8.74. The normalized spacial score (nSPS) is 9.72. The SMILES string of the molecule is CCOC(=O)Nc1ccc(CCO)cc1.Nc1ccc(CCO)cc1. The second-order valence-corrected chi connectivity index (χ2v) is 5.23. The van der Waals surface area contributed by atoms with Gasteiger partial charge in [0.1, 0.15) is 0 Å². The van der Waals surface area contributed by atoms with Crippen molar-refractivity contribution in [3.8, 4) is 0 Å². The number of aliphatic hydroxyl groups excluding tert-OH is 2. The average Bonchev–Trinajstić information content (AvgIpc) is 2.60. The number of aliphatic hydroxyl groups is 2. The minimum Gasteiger partial charge on any atom is -0.450 e. The molecular formula is C19H26N2O4. The van der Waals surface area contributed by atoms with Crippen molar-refractivity contribution in [1.29, 1.82) is 0 Å². The van der Waals surface area contributed by atoms with E-state index in [1.165, 1.54) is 0 Å². The standard InChI is InChI=1S/C11H15NO3.C8H11NO/c1-2-15-11(14)12-10-5-3-9(4-6-10)7-8-13;9-8-3-1-7(2-4-8)5-6-10/h3-6,13H,2,7-8H2,1H3,(H,12,14);1-4,10H,5-6,9H2. The van der Waals surface area contributed by atoms with Gasteiger partial charge in [0.05, 0.1) is 6.61 Å². The molecule has 0 saturated heterocycles. The van der Waals surface area contributed by atoms with Crippen LogP contribution in [0.2, 0.25) is 0 Å². The van der Waals surface area contributed by atoms with E-state index in [0.29, 0.717) is 25.1 Å². The van der Waals surface area contributed by atoms with Crippen LogP contribution in [0.3, 0.4) is 0 Å². The Morgan fingerprint density at radius 3 is 1.88 bits per heavy atom. The molecule has 6 heteroatoms. The van der Waals surface area contributed by atoms with Gasteiger partial charge >= 0.3 is 6.09 Å². The number of nitrogens with one attached hydrogen (secondary N) is 1. The largest absolute Gasteiger partial charge is 0.450 e. The fraction of sp³-hybridized carbons (Fsp3) is 0.316. The molecule has 0 unspecified atom stereocenters. The van der Waals surface area contributed by atoms with E-state index in [-0.39, 0.29) is 13.2 Å². The van der Waals surface area contributed by atoms with Crippen molar-refractivity contribution in [2.24, 2.45) is 0 Å². The summed E-state index contributed by atoms with van der Waals surface area (Å²) >= 11 is 0. The molecule has 0 saturated carbocycles. The molecule has 0 aliphatic rings. The molecule has 6 nitrogen and oxygen atoms in total. The van der Waals surface area contributed by atoms with Crippen LogP contribution in [0.25, 0.3) is 0 Å². The van der Waals surface area contributed by atoms with Gasteiger partial charge in [0, 0.05) is 24.6 Å². The lowest BCUT2D eigenvalue weighted by Gasteiger charge is -2.05. The van der Waals surface area contributed by atoms with Crippen LogP contribution in [0.15, 0.2) is 48.5 Å². The van der Waals surface area contributed by atoms with Crippen LogP contribution in [0.5, 0.6) is 0 Å². The van der Waals surface area contributed by atoms with Gasteiger partial charge in [-0.3, -0.25) is 5.32 Å². The molecule has 0 bridgehead atoms. The van der Waals surface area contributed by atoms with Crippen LogP contribution in [0.4, 0.5) is 16.2 Å². The topological polar surface area (TPSA) is 105 Å². The number of nitrogens with two attached hydrogens (primary N) is 1. The van der Waals surface area contributed by atoms with Crippen molar-refractivity contribution in [3.63, 3.8) is 0 Å². The zero-order chi connectivity index (χ0) is 18.5. The maximum Gasteiger partial charge on any atom is 0.411 e. The van der Waals surface area contributed by atoms with Crippen molar-refractivity contribution < 1.29 is 19.7 Å². The Morgan fingerprint density at radius 2 is 1.44 bits per heavy atom. The quantitative estimate of drug-likeness (QED) is 0.602. The Hall–Kier alpha value is -2.57. The molecule has 0 atom stereocenters. The van der Waals surface area contributed by atoms with Crippen molar-refractivity contribution in [3.05, 3.63) is 59.7 Å². The van der Waals surface area contributed by atoms with Gasteiger partial charge in [-0.15, -0.1) is 0 Å². The first kappa shape index (κ1) is 20.5. The van der Waals surface area contributed by atoms with Gasteiger partial charge in [0.15, 0.2) is 0 Å². The summed E-state index contributed by atoms with van der Waals surface area (Å²) in [6.45, 7) is 2.44. The van der Waals surface area contributed by atoms with E-state index in [1.807, 2.05) is 36.4 Å². The molecule has 5 N–H and O–H groups in total. The van der Waals surface area contributed by atoms with Gasteiger partial charge in [-0.25, -0.2) is 4.79 Å². The molecule has 25 heavy (non-hydrogen) atoms. The molecule has 0 aromatic heterocycles. The Labute approximate surface area is 148 Å². The van der Waals surface area contributed by atoms with Crippen LogP contribution in [0.1, 0.15) is 18.1 Å². The summed E-state index contributed by atoms with van der Waals surface area (Å²) in [5, 5.41) is 19.9. The predicted molar refractivity (Wildman–Crippen MR) is 99.5 cm³/mol. The molecular weight excluding hydrogens is 320 g/mol. The summed E-state index contributed by atoms with van der Waals surface area (Å²) in [6.07, 6.45) is 0.882. The smallest absolute Gasteiger partial charge is 0.411 e. The molecule has 0 fully saturated rings. The summed E-state index contributed by atoms with van der Waals surface area (Å²) in [5.74, 6) is 0. The minimum absolute atomic E-state index is 0.130. The summed E-state index contributed by atoms with van der Waals surface area (Å²) in [5.41, 5.74) is 9.07. The molecule has 0 radical (unpaired) electrons. The van der Waals surface area contributed by atoms with E-state index in [9.17, 15) is 4.79 Å². The molecule has 0 aliphatic carbocycles. The van der Waals surface area contributed by atoms with Crippen LogP contribution < -0.4 is 11.1 Å². The van der Waals surface area contributed by atoms with Crippen LogP contribution >= 0.6 is 0 Å². The van der Waals surface area contributed by atoms with Gasteiger partial charge in [0.25, 0.3) is 0 Å². The number of rotatable bonds is 6. The van der Waals surface area contributed by atoms with Crippen molar-refractivity contribution in [2.45, 2.75) is 19.8 Å². The third-order valence-electron chi connectivity index (χ3n) is 3.26. The number of hydrogen-bond donors (Lipinski definition) is 4. The highest BCUT2D eigenvalue weighted by molar-refractivity contribution is 5.84. The van der Waals surface area contributed by atoms with Gasteiger partial charge < -0.3 is 20.7 Å². The number of nitrogen functional groups attached to an aromatic ring is 1. The molecule has 2 rings (SSSR count). The highest BCUT2D eigenvalue weighted by Crippen LogP contribution is 2.10. The molecule has 0 heterocycles. The first-order valence-electron chi connectivity index (χ1n) is 8.18. The zero-order valence-electron chi connectivity index (χ0n) is 14.4. The minimum atomic E-state index is -0.451. The van der Waals surface area contributed by atoms with Gasteiger partial charge in [-0.2, -0.15) is 0 Å². The molecule has 0 spiro atoms. The van der Waals surface area contributed by atoms with E-state index in [1.54, 1.807) is 19.1 Å². The molecule has 1 amide bonds. The van der Waals surface area contributed by atoms with Gasteiger partial charge in [-0.05, 0) is 55.2 Å². The van der Waals surface area contributed by atoms with Crippen molar-refractivity contribution in [2.75, 3.05) is 30.9 Å². The monoisotopic (exact) mass is 346 g/mol. The average molecular weight is 346 g/mol. The fourth-order valence-corrected chi connectivity index (χ4v) is 1.98. The van der Waals surface area contributed by atoms with Crippen LogP contribution in [-0.4, -0.2) is 36.1 Å². The molecule has 2 aromatic rings. The second kappa shape index (κ2) is 11.9. The Balaban J connectivity index is 0.000000271. The third-order valence-corrected chi connectivity index (χ3v) is 3.26. The van der Waals surface area contributed by atoms with Gasteiger partial charge in [-0.1, -0.05) is 24.3 Å². The lowest BCUT2D eigenvalue weighted by molar-refractivity contribution is 0.168. The van der Waals surface area contributed by atoms with Crippen molar-refractivity contribution >= 4 is 17.5 Å². The highest BCUT2D eigenvalue weighted by atomic mass is 16.5. The Bertz CT molecular complexity index is 612. The summed E-state index contributed by atoms with van der Waals surface area (Å²) in [6, 6.07) is 14.8. The number of anilines is 2. The second-order valence-electron chi connectivity index (χ2n) is 5.23. The van der Waals surface area contributed by atoms with Crippen LogP contribution in [-0.2, 0) is 17.6 Å². The van der Waals surface area contributed by atoms with E-state index in [0.717, 1.165) is 16.8 Å². The number of hydrogen-bond acceptors (Lipinski definition) is 5. The highest BCUT2D eigenvalue weighted by Gasteiger charge is 2.01. The van der Waals surface area contributed by atoms with E-state index >= 15 is 0 Å². The summed E-state index contributed by atoms with van der Waals surface area (Å²) in [4.78, 5) is 11.0. The van der Waals surface area contributed by atoms with E-state index in [4.69, 9.17) is 20.7 Å². The number of amides is 1. The van der Waals surface area contributed by atoms with E-state index in [2.05, 4.69) is 5.32 Å². The number of ether oxygens (including phenoxy) is 1. The number of benzene rings is 2.